The Morgan fingerprint density at radius 1 is 1.27 bits per heavy atom. The highest BCUT2D eigenvalue weighted by atomic mass is 32.1. The van der Waals surface area contributed by atoms with Crippen LogP contribution in [0.4, 0.5) is 10.7 Å². The van der Waals surface area contributed by atoms with Gasteiger partial charge in [0.2, 0.25) is 0 Å². The van der Waals surface area contributed by atoms with Gasteiger partial charge in [0.05, 0.1) is 12.2 Å². The average molecular weight is 389 g/mol. The Kier molecular flexibility index (Phi) is 6.27. The summed E-state index contributed by atoms with van der Waals surface area (Å²) in [6, 6.07) is 9.75. The first-order valence-corrected chi connectivity index (χ1v) is 10.3. The molecule has 0 bridgehead atoms. The van der Waals surface area contributed by atoms with Crippen molar-refractivity contribution in [3.8, 4) is 0 Å². The molecule has 0 unspecified atom stereocenters. The van der Waals surface area contributed by atoms with Gasteiger partial charge in [0.25, 0.3) is 0 Å². The third-order valence-electron chi connectivity index (χ3n) is 4.68. The Bertz CT molecular complexity index is 787. The van der Waals surface area contributed by atoms with Crippen LogP contribution in [0.3, 0.4) is 0 Å². The van der Waals surface area contributed by atoms with Gasteiger partial charge in [-0.05, 0) is 62.0 Å². The smallest absolute Gasteiger partial charge is 0.341 e. The monoisotopic (exact) mass is 388 g/mol. The molecule has 6 heteroatoms. The van der Waals surface area contributed by atoms with Gasteiger partial charge in [0, 0.05) is 10.6 Å². The van der Waals surface area contributed by atoms with E-state index in [0.29, 0.717) is 23.2 Å². The van der Waals surface area contributed by atoms with E-state index in [1.807, 2.05) is 37.3 Å². The maximum atomic E-state index is 12.6. The fraction of sp³-hybridized carbons (Fsp3) is 0.400. The minimum Gasteiger partial charge on any atom is -0.462 e. The van der Waals surface area contributed by atoms with E-state index in [2.05, 4.69) is 17.6 Å². The number of carbonyl (C=O) groups is 1. The normalized spacial score (nSPS) is 15.8. The standard InChI is InChI=1S/C20H24N2O2S2/c1-3-13-10-11-15-16(12-13)26-18(17(15)19(23)24-4-2)22-20(25)21-14-8-6-5-7-9-14/h5-9,13H,3-4,10-12H2,1-2H3,(H2,21,22,25)/t13-/m1/s1. The van der Waals surface area contributed by atoms with Gasteiger partial charge in [-0.15, -0.1) is 11.3 Å². The maximum absolute atomic E-state index is 12.6. The molecule has 3 rings (SSSR count). The van der Waals surface area contributed by atoms with Crippen molar-refractivity contribution in [3.63, 3.8) is 0 Å². The number of para-hydroxylation sites is 1. The quantitative estimate of drug-likeness (QED) is 0.541. The lowest BCUT2D eigenvalue weighted by atomic mass is 9.86. The van der Waals surface area contributed by atoms with Gasteiger partial charge in [-0.25, -0.2) is 4.79 Å². The van der Waals surface area contributed by atoms with Gasteiger partial charge in [-0.1, -0.05) is 31.5 Å². The Morgan fingerprint density at radius 3 is 2.73 bits per heavy atom. The Morgan fingerprint density at radius 2 is 2.04 bits per heavy atom. The molecule has 1 atom stereocenters. The minimum atomic E-state index is -0.259. The van der Waals surface area contributed by atoms with Gasteiger partial charge in [-0.2, -0.15) is 0 Å². The van der Waals surface area contributed by atoms with Crippen LogP contribution in [0, 0.1) is 5.92 Å². The number of anilines is 2. The van der Waals surface area contributed by atoms with Crippen LogP contribution in [0.2, 0.25) is 0 Å². The van der Waals surface area contributed by atoms with Crippen LogP contribution in [0.25, 0.3) is 0 Å². The molecular weight excluding hydrogens is 364 g/mol. The molecule has 0 spiro atoms. The number of carbonyl (C=O) groups excluding carboxylic acids is 1. The van der Waals surface area contributed by atoms with Crippen molar-refractivity contribution >= 4 is 45.3 Å². The highest BCUT2D eigenvalue weighted by molar-refractivity contribution is 7.80. The molecule has 0 fully saturated rings. The number of hydrogen-bond acceptors (Lipinski definition) is 4. The summed E-state index contributed by atoms with van der Waals surface area (Å²) in [6.07, 6.45) is 4.25. The number of esters is 1. The van der Waals surface area contributed by atoms with E-state index in [1.54, 1.807) is 11.3 Å². The van der Waals surface area contributed by atoms with E-state index < -0.39 is 0 Å². The van der Waals surface area contributed by atoms with Crippen molar-refractivity contribution in [1.82, 2.24) is 0 Å². The predicted octanol–water partition coefficient (Wildman–Crippen LogP) is 5.25. The molecule has 1 aliphatic rings. The van der Waals surface area contributed by atoms with Crippen LogP contribution in [-0.4, -0.2) is 17.7 Å². The third-order valence-corrected chi connectivity index (χ3v) is 6.06. The molecule has 1 heterocycles. The van der Waals surface area contributed by atoms with E-state index in [0.717, 1.165) is 35.5 Å². The lowest BCUT2D eigenvalue weighted by molar-refractivity contribution is 0.0526. The summed E-state index contributed by atoms with van der Waals surface area (Å²) < 4.78 is 5.31. The number of hydrogen-bond donors (Lipinski definition) is 2. The van der Waals surface area contributed by atoms with Crippen molar-refractivity contribution in [2.24, 2.45) is 5.92 Å². The molecule has 0 saturated carbocycles. The lowest BCUT2D eigenvalue weighted by Gasteiger charge is -2.21. The zero-order chi connectivity index (χ0) is 18.5. The van der Waals surface area contributed by atoms with Crippen LogP contribution < -0.4 is 10.6 Å². The zero-order valence-corrected chi connectivity index (χ0v) is 16.8. The molecule has 1 aromatic heterocycles. The van der Waals surface area contributed by atoms with Gasteiger partial charge >= 0.3 is 5.97 Å². The van der Waals surface area contributed by atoms with Gasteiger partial charge in [-0.3, -0.25) is 0 Å². The number of rotatable bonds is 5. The number of thiocarbonyl (C=S) groups is 1. The first-order valence-electron chi connectivity index (χ1n) is 9.07. The highest BCUT2D eigenvalue weighted by Gasteiger charge is 2.29. The summed E-state index contributed by atoms with van der Waals surface area (Å²) in [6.45, 7) is 4.43. The molecule has 0 radical (unpaired) electrons. The molecule has 0 amide bonds. The molecule has 1 aromatic carbocycles. The Labute approximate surface area is 164 Å². The molecule has 1 aliphatic carbocycles. The predicted molar refractivity (Wildman–Crippen MR) is 112 cm³/mol. The number of thiophene rings is 1. The SMILES string of the molecule is CCOC(=O)c1c(NC(=S)Nc2ccccc2)sc2c1CC[C@@H](CC)C2. The summed E-state index contributed by atoms with van der Waals surface area (Å²) in [5, 5.41) is 7.66. The van der Waals surface area contributed by atoms with Crippen LogP contribution in [0.5, 0.6) is 0 Å². The fourth-order valence-electron chi connectivity index (χ4n) is 3.30. The summed E-state index contributed by atoms with van der Waals surface area (Å²) in [4.78, 5) is 13.9. The summed E-state index contributed by atoms with van der Waals surface area (Å²) in [5.41, 5.74) is 2.72. The highest BCUT2D eigenvalue weighted by Crippen LogP contribution is 2.40. The number of benzene rings is 1. The minimum absolute atomic E-state index is 0.259. The van der Waals surface area contributed by atoms with Crippen LogP contribution in [-0.2, 0) is 17.6 Å². The van der Waals surface area contributed by atoms with Crippen LogP contribution >= 0.6 is 23.6 Å². The zero-order valence-electron chi connectivity index (χ0n) is 15.1. The molecule has 2 N–H and O–H groups in total. The topological polar surface area (TPSA) is 50.4 Å². The second-order valence-corrected chi connectivity index (χ2v) is 7.90. The lowest BCUT2D eigenvalue weighted by Crippen LogP contribution is -2.20. The summed E-state index contributed by atoms with van der Waals surface area (Å²) in [7, 11) is 0. The van der Waals surface area contributed by atoms with Gasteiger partial charge in [0.15, 0.2) is 5.11 Å². The largest absolute Gasteiger partial charge is 0.462 e. The summed E-state index contributed by atoms with van der Waals surface area (Å²) in [5.74, 6) is 0.434. The maximum Gasteiger partial charge on any atom is 0.341 e. The van der Waals surface area contributed by atoms with Crippen molar-refractivity contribution < 1.29 is 9.53 Å². The average Bonchev–Trinajstić information content (AvgIpc) is 2.99. The first-order chi connectivity index (χ1) is 12.6. The molecule has 0 saturated heterocycles. The Balaban J connectivity index is 1.84. The van der Waals surface area contributed by atoms with E-state index in [9.17, 15) is 4.79 Å². The van der Waals surface area contributed by atoms with Crippen LogP contribution in [0.15, 0.2) is 30.3 Å². The third kappa shape index (κ3) is 4.24. The second-order valence-electron chi connectivity index (χ2n) is 6.39. The van der Waals surface area contributed by atoms with E-state index in [4.69, 9.17) is 17.0 Å². The van der Waals surface area contributed by atoms with Crippen molar-refractivity contribution in [3.05, 3.63) is 46.3 Å². The molecule has 138 valence electrons. The number of nitrogens with one attached hydrogen (secondary N) is 2. The van der Waals surface area contributed by atoms with Gasteiger partial charge in [0.1, 0.15) is 5.00 Å². The van der Waals surface area contributed by atoms with Crippen molar-refractivity contribution in [1.29, 1.82) is 0 Å². The van der Waals surface area contributed by atoms with E-state index in [1.165, 1.54) is 11.3 Å². The first kappa shape index (κ1) is 18.9. The van der Waals surface area contributed by atoms with Crippen LogP contribution in [0.1, 0.15) is 47.5 Å². The molecular formula is C20H24N2O2S2. The van der Waals surface area contributed by atoms with Crippen molar-refractivity contribution in [2.75, 3.05) is 17.2 Å². The van der Waals surface area contributed by atoms with Crippen molar-refractivity contribution in [2.45, 2.75) is 39.5 Å². The molecule has 26 heavy (non-hydrogen) atoms. The molecule has 0 aliphatic heterocycles. The summed E-state index contributed by atoms with van der Waals surface area (Å²) >= 11 is 7.08. The van der Waals surface area contributed by atoms with E-state index in [-0.39, 0.29) is 5.97 Å². The second kappa shape index (κ2) is 8.64. The molecule has 2 aromatic rings. The van der Waals surface area contributed by atoms with E-state index >= 15 is 0 Å². The molecule has 4 nitrogen and oxygen atoms in total. The van der Waals surface area contributed by atoms with Gasteiger partial charge < -0.3 is 15.4 Å². The fourth-order valence-corrected chi connectivity index (χ4v) is 4.94. The number of ether oxygens (including phenoxy) is 1. The number of fused-ring (bicyclic) bond motifs is 1. The Hall–Kier alpha value is -1.92.